The van der Waals surface area contributed by atoms with Crippen molar-refractivity contribution in [2.45, 2.75) is 50.8 Å². The zero-order valence-corrected chi connectivity index (χ0v) is 11.8. The quantitative estimate of drug-likeness (QED) is 0.881. The van der Waals surface area contributed by atoms with Gasteiger partial charge in [0.2, 0.25) is 0 Å². The molecule has 1 aromatic heterocycles. The first-order chi connectivity index (χ1) is 9.18. The summed E-state index contributed by atoms with van der Waals surface area (Å²) in [7, 11) is 1.78. The minimum Gasteiger partial charge on any atom is -0.432 e. The van der Waals surface area contributed by atoms with Crippen molar-refractivity contribution in [3.8, 4) is 0 Å². The lowest BCUT2D eigenvalue weighted by atomic mass is 9.95. The Bertz CT molecular complexity index is 430. The van der Waals surface area contributed by atoms with Crippen LogP contribution >= 0.6 is 0 Å². The van der Waals surface area contributed by atoms with Gasteiger partial charge in [-0.3, -0.25) is 0 Å². The summed E-state index contributed by atoms with van der Waals surface area (Å²) in [6, 6.07) is 1.43. The SMILES string of the molecule is COC1(C)CCCN(c2nc(CNC3CC3)co2)C1. The second kappa shape index (κ2) is 5.13. The third-order valence-corrected chi connectivity index (χ3v) is 4.11. The summed E-state index contributed by atoms with van der Waals surface area (Å²) in [6.07, 6.45) is 6.56. The van der Waals surface area contributed by atoms with Gasteiger partial charge in [0.25, 0.3) is 6.01 Å². The highest BCUT2D eigenvalue weighted by molar-refractivity contribution is 5.29. The van der Waals surface area contributed by atoms with Crippen LogP contribution < -0.4 is 10.2 Å². The molecule has 3 rings (SSSR count). The Morgan fingerprint density at radius 1 is 1.58 bits per heavy atom. The fourth-order valence-electron chi connectivity index (χ4n) is 2.59. The van der Waals surface area contributed by atoms with Crippen LogP contribution in [0.25, 0.3) is 0 Å². The van der Waals surface area contributed by atoms with E-state index in [-0.39, 0.29) is 5.60 Å². The van der Waals surface area contributed by atoms with Crippen LogP contribution in [-0.4, -0.2) is 36.8 Å². The molecule has 0 amide bonds. The smallest absolute Gasteiger partial charge is 0.297 e. The molecule has 1 saturated carbocycles. The molecule has 1 saturated heterocycles. The summed E-state index contributed by atoms with van der Waals surface area (Å²) in [5.41, 5.74) is 0.908. The fourth-order valence-corrected chi connectivity index (χ4v) is 2.59. The molecule has 0 aromatic carbocycles. The van der Waals surface area contributed by atoms with E-state index in [0.717, 1.165) is 44.2 Å². The number of rotatable bonds is 5. The molecule has 19 heavy (non-hydrogen) atoms. The van der Waals surface area contributed by atoms with Gasteiger partial charge in [-0.25, -0.2) is 0 Å². The summed E-state index contributed by atoms with van der Waals surface area (Å²) in [5.74, 6) is 0. The molecule has 1 atom stereocenters. The van der Waals surface area contributed by atoms with Gasteiger partial charge in [-0.1, -0.05) is 0 Å². The van der Waals surface area contributed by atoms with Crippen molar-refractivity contribution < 1.29 is 9.15 Å². The Morgan fingerprint density at radius 2 is 2.42 bits per heavy atom. The molecule has 1 aliphatic heterocycles. The van der Waals surface area contributed by atoms with Crippen molar-refractivity contribution in [3.05, 3.63) is 12.0 Å². The fraction of sp³-hybridized carbons (Fsp3) is 0.786. The monoisotopic (exact) mass is 265 g/mol. The van der Waals surface area contributed by atoms with E-state index in [4.69, 9.17) is 9.15 Å². The zero-order chi connectivity index (χ0) is 13.3. The minimum absolute atomic E-state index is 0.0842. The molecular formula is C14H23N3O2. The first-order valence-electron chi connectivity index (χ1n) is 7.16. The number of anilines is 1. The van der Waals surface area contributed by atoms with Gasteiger partial charge in [0, 0.05) is 26.2 Å². The number of oxazole rings is 1. The first kappa shape index (κ1) is 12.9. The topological polar surface area (TPSA) is 50.5 Å². The maximum absolute atomic E-state index is 5.61. The van der Waals surface area contributed by atoms with Gasteiger partial charge < -0.3 is 19.4 Å². The molecule has 1 unspecified atom stereocenters. The maximum Gasteiger partial charge on any atom is 0.297 e. The number of ether oxygens (including phenoxy) is 1. The van der Waals surface area contributed by atoms with Crippen molar-refractivity contribution in [1.82, 2.24) is 10.3 Å². The van der Waals surface area contributed by atoms with Gasteiger partial charge in [0.1, 0.15) is 6.26 Å². The second-order valence-corrected chi connectivity index (χ2v) is 5.96. The maximum atomic E-state index is 5.61. The molecule has 0 radical (unpaired) electrons. The van der Waals surface area contributed by atoms with Crippen LogP contribution in [-0.2, 0) is 11.3 Å². The van der Waals surface area contributed by atoms with Crippen LogP contribution in [0.3, 0.4) is 0 Å². The Morgan fingerprint density at radius 3 is 3.16 bits per heavy atom. The number of hydrogen-bond acceptors (Lipinski definition) is 5. The molecule has 5 nitrogen and oxygen atoms in total. The number of hydrogen-bond donors (Lipinski definition) is 1. The van der Waals surface area contributed by atoms with E-state index in [1.54, 1.807) is 13.4 Å². The highest BCUT2D eigenvalue weighted by Crippen LogP contribution is 2.27. The lowest BCUT2D eigenvalue weighted by Crippen LogP contribution is -2.47. The van der Waals surface area contributed by atoms with Crippen molar-refractivity contribution in [1.29, 1.82) is 0 Å². The molecule has 106 valence electrons. The highest BCUT2D eigenvalue weighted by Gasteiger charge is 2.32. The lowest BCUT2D eigenvalue weighted by molar-refractivity contribution is -0.00564. The largest absolute Gasteiger partial charge is 0.432 e. The molecule has 1 N–H and O–H groups in total. The number of piperidine rings is 1. The van der Waals surface area contributed by atoms with Crippen LogP contribution in [0.2, 0.25) is 0 Å². The molecule has 0 spiro atoms. The number of nitrogens with zero attached hydrogens (tertiary/aromatic N) is 2. The molecule has 2 fully saturated rings. The molecule has 1 aliphatic carbocycles. The highest BCUT2D eigenvalue weighted by atomic mass is 16.5. The molecule has 5 heteroatoms. The van der Waals surface area contributed by atoms with Crippen LogP contribution in [0.1, 0.15) is 38.3 Å². The van der Waals surface area contributed by atoms with E-state index in [9.17, 15) is 0 Å². The van der Waals surface area contributed by atoms with Crippen molar-refractivity contribution >= 4 is 6.01 Å². The Balaban J connectivity index is 1.61. The number of nitrogens with one attached hydrogen (secondary N) is 1. The van der Waals surface area contributed by atoms with Gasteiger partial charge in [0.05, 0.1) is 17.8 Å². The first-order valence-corrected chi connectivity index (χ1v) is 7.16. The van der Waals surface area contributed by atoms with Gasteiger partial charge in [-0.05, 0) is 32.6 Å². The van der Waals surface area contributed by atoms with Gasteiger partial charge in [-0.15, -0.1) is 0 Å². The predicted octanol–water partition coefficient (Wildman–Crippen LogP) is 1.93. The van der Waals surface area contributed by atoms with Crippen LogP contribution in [0, 0.1) is 0 Å². The van der Waals surface area contributed by atoms with Crippen molar-refractivity contribution in [2.24, 2.45) is 0 Å². The number of aromatic nitrogens is 1. The van der Waals surface area contributed by atoms with Gasteiger partial charge in [-0.2, -0.15) is 4.98 Å². The van der Waals surface area contributed by atoms with E-state index in [1.165, 1.54) is 12.8 Å². The normalized spacial score (nSPS) is 27.8. The summed E-state index contributed by atoms with van der Waals surface area (Å²) < 4.78 is 11.2. The van der Waals surface area contributed by atoms with Crippen molar-refractivity contribution in [2.75, 3.05) is 25.1 Å². The molecular weight excluding hydrogens is 242 g/mol. The Labute approximate surface area is 114 Å². The van der Waals surface area contributed by atoms with Crippen LogP contribution in [0.15, 0.2) is 10.7 Å². The summed E-state index contributed by atoms with van der Waals surface area (Å²) in [6.45, 7) is 4.80. The Kier molecular flexibility index (Phi) is 3.50. The van der Waals surface area contributed by atoms with E-state index >= 15 is 0 Å². The third-order valence-electron chi connectivity index (χ3n) is 4.11. The average molecular weight is 265 g/mol. The third kappa shape index (κ3) is 3.09. The molecule has 0 bridgehead atoms. The van der Waals surface area contributed by atoms with Gasteiger partial charge >= 0.3 is 0 Å². The zero-order valence-electron chi connectivity index (χ0n) is 11.8. The van der Waals surface area contributed by atoms with E-state index in [1.807, 2.05) is 0 Å². The standard InChI is InChI=1S/C14H23N3O2/c1-14(18-2)6-3-7-17(10-14)13-16-12(9-19-13)8-15-11-4-5-11/h9,11,15H,3-8,10H2,1-2H3. The van der Waals surface area contributed by atoms with E-state index in [0.29, 0.717) is 6.04 Å². The van der Waals surface area contributed by atoms with Crippen LogP contribution in [0.4, 0.5) is 6.01 Å². The lowest BCUT2D eigenvalue weighted by Gasteiger charge is -2.38. The summed E-state index contributed by atoms with van der Waals surface area (Å²) >= 11 is 0. The van der Waals surface area contributed by atoms with E-state index < -0.39 is 0 Å². The predicted molar refractivity (Wildman–Crippen MR) is 73.2 cm³/mol. The van der Waals surface area contributed by atoms with Crippen LogP contribution in [0.5, 0.6) is 0 Å². The van der Waals surface area contributed by atoms with Crippen molar-refractivity contribution in [3.63, 3.8) is 0 Å². The molecule has 1 aromatic rings. The molecule has 2 heterocycles. The minimum atomic E-state index is -0.0842. The molecule has 2 aliphatic rings. The van der Waals surface area contributed by atoms with Gasteiger partial charge in [0.15, 0.2) is 0 Å². The number of methoxy groups -OCH3 is 1. The average Bonchev–Trinajstić information content (AvgIpc) is 3.13. The Hall–Kier alpha value is -1.07. The summed E-state index contributed by atoms with van der Waals surface area (Å²) in [4.78, 5) is 6.76. The van der Waals surface area contributed by atoms with E-state index in [2.05, 4.69) is 22.1 Å². The second-order valence-electron chi connectivity index (χ2n) is 5.96. The summed E-state index contributed by atoms with van der Waals surface area (Å²) in [5, 5.41) is 3.45.